The maximum Gasteiger partial charge on any atom is 0.330 e. The molecule has 0 spiro atoms. The number of benzene rings is 1. The van der Waals surface area contributed by atoms with Crippen LogP contribution in [0.5, 0.6) is 5.75 Å². The third-order valence-corrected chi connectivity index (χ3v) is 3.57. The number of carbonyl (C=O) groups is 1. The quantitative estimate of drug-likeness (QED) is 0.866. The van der Waals surface area contributed by atoms with Crippen LogP contribution in [0.15, 0.2) is 24.3 Å². The van der Waals surface area contributed by atoms with Gasteiger partial charge in [0.25, 0.3) is 0 Å². The van der Waals surface area contributed by atoms with E-state index in [0.29, 0.717) is 13.0 Å². The molecule has 1 aliphatic rings. The zero-order valence-corrected chi connectivity index (χ0v) is 11.3. The fourth-order valence-electron chi connectivity index (χ4n) is 2.55. The number of carboxylic acids is 1. The van der Waals surface area contributed by atoms with Crippen molar-refractivity contribution in [1.29, 1.82) is 0 Å². The van der Waals surface area contributed by atoms with Crippen molar-refractivity contribution in [3.63, 3.8) is 0 Å². The van der Waals surface area contributed by atoms with Crippen LogP contribution < -0.4 is 10.1 Å². The lowest BCUT2D eigenvalue weighted by molar-refractivity contribution is -0.144. The van der Waals surface area contributed by atoms with Crippen molar-refractivity contribution in [3.05, 3.63) is 24.3 Å². The molecule has 1 aromatic carbocycles. The SMILES string of the molecule is COc1ccc(NC2(C(=O)O)CCCN(C)C2)cc1. The second-order valence-corrected chi connectivity index (χ2v) is 5.08. The Morgan fingerprint density at radius 1 is 1.42 bits per heavy atom. The van der Waals surface area contributed by atoms with Gasteiger partial charge in [-0.1, -0.05) is 0 Å². The molecular weight excluding hydrogens is 244 g/mol. The third kappa shape index (κ3) is 2.98. The Balaban J connectivity index is 2.18. The number of anilines is 1. The van der Waals surface area contributed by atoms with Crippen LogP contribution in [-0.4, -0.2) is 48.8 Å². The summed E-state index contributed by atoms with van der Waals surface area (Å²) in [4.78, 5) is 13.7. The summed E-state index contributed by atoms with van der Waals surface area (Å²) in [7, 11) is 3.56. The van der Waals surface area contributed by atoms with E-state index in [9.17, 15) is 9.90 Å². The Morgan fingerprint density at radius 2 is 2.11 bits per heavy atom. The smallest absolute Gasteiger partial charge is 0.330 e. The van der Waals surface area contributed by atoms with Gasteiger partial charge in [0.2, 0.25) is 0 Å². The molecule has 2 rings (SSSR count). The molecule has 1 unspecified atom stereocenters. The van der Waals surface area contributed by atoms with E-state index in [-0.39, 0.29) is 0 Å². The molecule has 0 amide bonds. The molecule has 0 saturated carbocycles. The highest BCUT2D eigenvalue weighted by Crippen LogP contribution is 2.26. The van der Waals surface area contributed by atoms with Gasteiger partial charge in [0.15, 0.2) is 0 Å². The van der Waals surface area contributed by atoms with E-state index < -0.39 is 11.5 Å². The van der Waals surface area contributed by atoms with Crippen molar-refractivity contribution in [1.82, 2.24) is 4.90 Å². The number of rotatable bonds is 4. The first-order chi connectivity index (χ1) is 9.05. The predicted octanol–water partition coefficient (Wildman–Crippen LogP) is 1.66. The van der Waals surface area contributed by atoms with Gasteiger partial charge in [-0.15, -0.1) is 0 Å². The second kappa shape index (κ2) is 5.48. The number of hydrogen-bond acceptors (Lipinski definition) is 4. The van der Waals surface area contributed by atoms with Gasteiger partial charge >= 0.3 is 5.97 Å². The molecule has 1 heterocycles. The summed E-state index contributed by atoms with van der Waals surface area (Å²) in [5.41, 5.74) is -0.0970. The van der Waals surface area contributed by atoms with Gasteiger partial charge < -0.3 is 20.1 Å². The molecule has 1 aromatic rings. The Kier molecular flexibility index (Phi) is 3.95. The highest BCUT2D eigenvalue weighted by molar-refractivity contribution is 5.83. The van der Waals surface area contributed by atoms with E-state index in [2.05, 4.69) is 5.32 Å². The second-order valence-electron chi connectivity index (χ2n) is 5.08. The number of piperidine rings is 1. The first-order valence-corrected chi connectivity index (χ1v) is 6.40. The van der Waals surface area contributed by atoms with Crippen LogP contribution >= 0.6 is 0 Å². The summed E-state index contributed by atoms with van der Waals surface area (Å²) in [5, 5.41) is 12.7. The number of nitrogens with zero attached hydrogens (tertiary/aromatic N) is 1. The highest BCUT2D eigenvalue weighted by Gasteiger charge is 2.41. The summed E-state index contributed by atoms with van der Waals surface area (Å²) in [6.07, 6.45) is 1.52. The van der Waals surface area contributed by atoms with Gasteiger partial charge in [0, 0.05) is 12.2 Å². The van der Waals surface area contributed by atoms with Crippen molar-refractivity contribution >= 4 is 11.7 Å². The number of carboxylic acid groups (broad SMARTS) is 1. The summed E-state index contributed by atoms with van der Waals surface area (Å²) in [5.74, 6) is -0.0365. The van der Waals surface area contributed by atoms with Gasteiger partial charge in [-0.05, 0) is 50.7 Å². The monoisotopic (exact) mass is 264 g/mol. The molecule has 1 fully saturated rings. The fraction of sp³-hybridized carbons (Fsp3) is 0.500. The number of likely N-dealkylation sites (N-methyl/N-ethyl adjacent to an activating group) is 1. The zero-order chi connectivity index (χ0) is 13.9. The van der Waals surface area contributed by atoms with Crippen molar-refractivity contribution in [2.75, 3.05) is 32.6 Å². The van der Waals surface area contributed by atoms with Gasteiger partial charge in [-0.25, -0.2) is 4.79 Å². The van der Waals surface area contributed by atoms with Gasteiger partial charge in [-0.2, -0.15) is 0 Å². The van der Waals surface area contributed by atoms with Crippen LogP contribution in [0, 0.1) is 0 Å². The molecule has 0 aliphatic carbocycles. The normalized spacial score (nSPS) is 23.9. The highest BCUT2D eigenvalue weighted by atomic mass is 16.5. The number of aliphatic carboxylic acids is 1. The largest absolute Gasteiger partial charge is 0.497 e. The molecule has 104 valence electrons. The van der Waals surface area contributed by atoms with Crippen LogP contribution in [0.1, 0.15) is 12.8 Å². The van der Waals surface area contributed by atoms with E-state index in [0.717, 1.165) is 24.4 Å². The maximum atomic E-state index is 11.6. The summed E-state index contributed by atoms with van der Waals surface area (Å²) >= 11 is 0. The molecule has 0 aromatic heterocycles. The molecule has 0 bridgehead atoms. The van der Waals surface area contributed by atoms with E-state index in [1.165, 1.54) is 0 Å². The molecule has 0 radical (unpaired) electrons. The Labute approximate surface area is 113 Å². The topological polar surface area (TPSA) is 61.8 Å². The minimum Gasteiger partial charge on any atom is -0.497 e. The summed E-state index contributed by atoms with van der Waals surface area (Å²) in [6, 6.07) is 7.34. The minimum absolute atomic E-state index is 0.508. The number of methoxy groups -OCH3 is 1. The average molecular weight is 264 g/mol. The summed E-state index contributed by atoms with van der Waals surface area (Å²) in [6.45, 7) is 1.45. The van der Waals surface area contributed by atoms with Crippen molar-refractivity contribution in [3.8, 4) is 5.75 Å². The van der Waals surface area contributed by atoms with E-state index in [4.69, 9.17) is 4.74 Å². The van der Waals surface area contributed by atoms with Crippen LogP contribution in [0.3, 0.4) is 0 Å². The van der Waals surface area contributed by atoms with E-state index in [1.54, 1.807) is 7.11 Å². The van der Waals surface area contributed by atoms with Crippen LogP contribution in [-0.2, 0) is 4.79 Å². The molecular formula is C14H20N2O3. The average Bonchev–Trinajstić information content (AvgIpc) is 2.39. The lowest BCUT2D eigenvalue weighted by Crippen LogP contribution is -2.57. The lowest BCUT2D eigenvalue weighted by atomic mass is 9.89. The molecule has 1 saturated heterocycles. The maximum absolute atomic E-state index is 11.6. The lowest BCUT2D eigenvalue weighted by Gasteiger charge is -2.39. The van der Waals surface area contributed by atoms with E-state index >= 15 is 0 Å². The Morgan fingerprint density at radius 3 is 2.63 bits per heavy atom. The van der Waals surface area contributed by atoms with Crippen molar-refractivity contribution in [2.45, 2.75) is 18.4 Å². The molecule has 19 heavy (non-hydrogen) atoms. The molecule has 1 aliphatic heterocycles. The van der Waals surface area contributed by atoms with Crippen LogP contribution in [0.25, 0.3) is 0 Å². The Hall–Kier alpha value is -1.75. The first kappa shape index (κ1) is 13.7. The molecule has 5 heteroatoms. The fourth-order valence-corrected chi connectivity index (χ4v) is 2.55. The number of hydrogen-bond donors (Lipinski definition) is 2. The summed E-state index contributed by atoms with van der Waals surface area (Å²) < 4.78 is 5.10. The first-order valence-electron chi connectivity index (χ1n) is 6.40. The van der Waals surface area contributed by atoms with Crippen molar-refractivity contribution < 1.29 is 14.6 Å². The number of likely N-dealkylation sites (tertiary alicyclic amines) is 1. The predicted molar refractivity (Wildman–Crippen MR) is 73.7 cm³/mol. The third-order valence-electron chi connectivity index (χ3n) is 3.57. The molecule has 1 atom stereocenters. The minimum atomic E-state index is -0.901. The molecule has 5 nitrogen and oxygen atoms in total. The van der Waals surface area contributed by atoms with Gasteiger partial charge in [0.1, 0.15) is 11.3 Å². The molecule has 2 N–H and O–H groups in total. The van der Waals surface area contributed by atoms with Crippen LogP contribution in [0.4, 0.5) is 5.69 Å². The standard InChI is InChI=1S/C14H20N2O3/c1-16-9-3-8-14(10-16,13(17)18)15-11-4-6-12(19-2)7-5-11/h4-7,15H,3,8-10H2,1-2H3,(H,17,18). The Bertz CT molecular complexity index is 447. The van der Waals surface area contributed by atoms with Crippen LogP contribution in [0.2, 0.25) is 0 Å². The van der Waals surface area contributed by atoms with Gasteiger partial charge in [0.05, 0.1) is 7.11 Å². The number of ether oxygens (including phenoxy) is 1. The van der Waals surface area contributed by atoms with Crippen molar-refractivity contribution in [2.24, 2.45) is 0 Å². The van der Waals surface area contributed by atoms with Gasteiger partial charge in [-0.3, -0.25) is 0 Å². The van der Waals surface area contributed by atoms with E-state index in [1.807, 2.05) is 36.2 Å². The number of nitrogens with one attached hydrogen (secondary N) is 1. The zero-order valence-electron chi connectivity index (χ0n) is 11.3.